The van der Waals surface area contributed by atoms with Gasteiger partial charge in [-0.05, 0) is 67.3 Å². The second kappa shape index (κ2) is 13.3. The Kier molecular flexibility index (Phi) is 10.3. The van der Waals surface area contributed by atoms with E-state index in [0.29, 0.717) is 0 Å². The Balaban J connectivity index is 0.00000320. The smallest absolute Gasteiger partial charge is 0.129 e. The van der Waals surface area contributed by atoms with Crippen molar-refractivity contribution in [2.75, 3.05) is 11.5 Å². The van der Waals surface area contributed by atoms with Crippen molar-refractivity contribution in [3.05, 3.63) is 103 Å². The first kappa shape index (κ1) is 28.8. The third-order valence-electron chi connectivity index (χ3n) is 5.40. The number of halogens is 4. The van der Waals surface area contributed by atoms with Gasteiger partial charge in [0.2, 0.25) is 0 Å². The molecule has 0 radical (unpaired) electrons. The van der Waals surface area contributed by atoms with E-state index in [1.165, 1.54) is 0 Å². The molecule has 37 heavy (non-hydrogen) atoms. The summed E-state index contributed by atoms with van der Waals surface area (Å²) in [5.41, 5.74) is 6.17. The summed E-state index contributed by atoms with van der Waals surface area (Å²) < 4.78 is 3.88. The van der Waals surface area contributed by atoms with Gasteiger partial charge in [0, 0.05) is 40.5 Å². The molecule has 0 aromatic heterocycles. The summed E-state index contributed by atoms with van der Waals surface area (Å²) >= 11 is 18.3. The van der Waals surface area contributed by atoms with Gasteiger partial charge in [-0.3, -0.25) is 0 Å². The van der Waals surface area contributed by atoms with Gasteiger partial charge in [-0.15, -0.1) is 23.5 Å². The fourth-order valence-corrected chi connectivity index (χ4v) is 8.48. The highest BCUT2D eigenvalue weighted by molar-refractivity contribution is 9.11. The lowest BCUT2D eigenvalue weighted by Gasteiger charge is -2.18. The van der Waals surface area contributed by atoms with Crippen molar-refractivity contribution < 1.29 is 0 Å². The normalized spacial score (nSPS) is 15.6. The first-order valence-electron chi connectivity index (χ1n) is 11.0. The molecule has 0 unspecified atom stereocenters. The average Bonchev–Trinajstić information content (AvgIpc) is 2.89. The summed E-state index contributed by atoms with van der Waals surface area (Å²) in [7, 11) is 0. The number of nitrogens with zero attached hydrogens (tertiary/aromatic N) is 2. The first-order valence-corrected chi connectivity index (χ1v) is 16.2. The maximum Gasteiger partial charge on any atom is 0.129 e. The maximum absolute atomic E-state index is 5.20. The fraction of sp³-hybridized carbons (Fsp3) is 0.103. The third kappa shape index (κ3) is 6.89. The van der Waals surface area contributed by atoms with Crippen molar-refractivity contribution in [1.29, 1.82) is 0 Å². The Morgan fingerprint density at radius 1 is 0.541 bits per heavy atom. The molecule has 1 heterocycles. The molecule has 0 atom stereocenters. The van der Waals surface area contributed by atoms with Crippen molar-refractivity contribution in [2.45, 2.75) is 7.43 Å². The zero-order chi connectivity index (χ0) is 25.1. The van der Waals surface area contributed by atoms with Crippen molar-refractivity contribution in [3.8, 4) is 22.3 Å². The molecular formula is C29H22Br4N2S2. The van der Waals surface area contributed by atoms with E-state index in [1.54, 1.807) is 23.5 Å². The highest BCUT2D eigenvalue weighted by atomic mass is 79.9. The van der Waals surface area contributed by atoms with E-state index in [4.69, 9.17) is 9.98 Å². The van der Waals surface area contributed by atoms with Gasteiger partial charge in [-0.1, -0.05) is 100.0 Å². The molecule has 188 valence electrons. The highest BCUT2D eigenvalue weighted by Gasteiger charge is 2.21. The van der Waals surface area contributed by atoms with E-state index in [2.05, 4.69) is 124 Å². The Morgan fingerprint density at radius 2 is 0.919 bits per heavy atom. The Hall–Kier alpha value is -1.16. The van der Waals surface area contributed by atoms with Crippen molar-refractivity contribution in [3.63, 3.8) is 0 Å². The van der Waals surface area contributed by atoms with E-state index >= 15 is 0 Å². The molecule has 0 amide bonds. The summed E-state index contributed by atoms with van der Waals surface area (Å²) in [5.74, 6) is 1.98. The number of aliphatic imine (C=N–C) groups is 2. The van der Waals surface area contributed by atoms with Gasteiger partial charge >= 0.3 is 0 Å². The second-order valence-corrected chi connectivity index (χ2v) is 13.5. The van der Waals surface area contributed by atoms with Crippen LogP contribution in [0.1, 0.15) is 7.43 Å². The molecule has 4 aromatic rings. The van der Waals surface area contributed by atoms with Gasteiger partial charge in [0.05, 0.1) is 11.4 Å². The summed E-state index contributed by atoms with van der Waals surface area (Å²) in [6.45, 7) is 0. The molecule has 2 nitrogen and oxygen atoms in total. The summed E-state index contributed by atoms with van der Waals surface area (Å²) in [6.07, 6.45) is 0. The molecule has 0 spiro atoms. The van der Waals surface area contributed by atoms with Crippen molar-refractivity contribution in [2.24, 2.45) is 9.98 Å². The van der Waals surface area contributed by atoms with Crippen molar-refractivity contribution >= 4 is 109 Å². The molecular weight excluding hydrogens is 760 g/mol. The lowest BCUT2D eigenvalue weighted by atomic mass is 10.0. The predicted molar refractivity (Wildman–Crippen MR) is 180 cm³/mol. The molecule has 8 heteroatoms. The standard InChI is InChI=1S/C28H18Br4N2S2.CH4/c29-19-13-21(17-7-3-1-4-8-17)25(23(31)15-19)33-27-28(36-12-11-35-27)34-26-22(14-20(30)16-24(26)32)18-9-5-2-6-10-18;/h1-10,13-16H,11-12H2;1H4. The van der Waals surface area contributed by atoms with Crippen LogP contribution in [0.4, 0.5) is 11.4 Å². The zero-order valence-electron chi connectivity index (χ0n) is 18.7. The topological polar surface area (TPSA) is 24.7 Å². The molecule has 1 aliphatic rings. The molecule has 4 aromatic carbocycles. The minimum Gasteiger partial charge on any atom is -0.237 e. The van der Waals surface area contributed by atoms with Crippen LogP contribution in [0.25, 0.3) is 22.3 Å². The van der Waals surface area contributed by atoms with E-state index in [1.807, 2.05) is 24.3 Å². The van der Waals surface area contributed by atoms with Crippen LogP contribution in [0.2, 0.25) is 0 Å². The molecule has 5 rings (SSSR count). The van der Waals surface area contributed by atoms with E-state index in [0.717, 1.165) is 73.1 Å². The van der Waals surface area contributed by atoms with Gasteiger partial charge in [-0.25, -0.2) is 9.98 Å². The summed E-state index contributed by atoms with van der Waals surface area (Å²) in [6, 6.07) is 29.0. The highest BCUT2D eigenvalue weighted by Crippen LogP contribution is 2.43. The maximum atomic E-state index is 5.20. The van der Waals surface area contributed by atoms with Gasteiger partial charge < -0.3 is 0 Å². The van der Waals surface area contributed by atoms with Crippen LogP contribution in [0.3, 0.4) is 0 Å². The van der Waals surface area contributed by atoms with Crippen LogP contribution in [-0.2, 0) is 0 Å². The molecule has 0 N–H and O–H groups in total. The number of hydrogen-bond donors (Lipinski definition) is 0. The number of benzene rings is 4. The van der Waals surface area contributed by atoms with E-state index in [9.17, 15) is 0 Å². The van der Waals surface area contributed by atoms with Crippen LogP contribution >= 0.6 is 87.2 Å². The van der Waals surface area contributed by atoms with Crippen LogP contribution < -0.4 is 0 Å². The molecule has 0 bridgehead atoms. The van der Waals surface area contributed by atoms with Crippen LogP contribution in [0.15, 0.2) is 113 Å². The van der Waals surface area contributed by atoms with Crippen LogP contribution in [0.5, 0.6) is 0 Å². The number of rotatable bonds is 4. The summed E-state index contributed by atoms with van der Waals surface area (Å²) in [5, 5.41) is 1.86. The molecule has 1 saturated heterocycles. The molecule has 0 saturated carbocycles. The fourth-order valence-electron chi connectivity index (χ4n) is 3.80. The van der Waals surface area contributed by atoms with Crippen LogP contribution in [0, 0.1) is 0 Å². The lowest BCUT2D eigenvalue weighted by molar-refractivity contribution is 1.45. The average molecular weight is 782 g/mol. The minimum absolute atomic E-state index is 0. The lowest BCUT2D eigenvalue weighted by Crippen LogP contribution is -2.14. The number of hydrogen-bond acceptors (Lipinski definition) is 4. The SMILES string of the molecule is Brc1cc(Br)c(N=C2SCCSC2=Nc2c(Br)cc(Br)cc2-c2ccccc2)c(-c2ccccc2)c1.C. The van der Waals surface area contributed by atoms with E-state index in [-0.39, 0.29) is 7.43 Å². The summed E-state index contributed by atoms with van der Waals surface area (Å²) in [4.78, 5) is 10.4. The Morgan fingerprint density at radius 3 is 1.30 bits per heavy atom. The minimum atomic E-state index is 0. The van der Waals surface area contributed by atoms with Gasteiger partial charge in [-0.2, -0.15) is 0 Å². The van der Waals surface area contributed by atoms with Gasteiger partial charge in [0.25, 0.3) is 0 Å². The van der Waals surface area contributed by atoms with Crippen LogP contribution in [-0.4, -0.2) is 21.6 Å². The zero-order valence-corrected chi connectivity index (χ0v) is 26.7. The third-order valence-corrected chi connectivity index (χ3v) is 9.84. The predicted octanol–water partition coefficient (Wildman–Crippen LogP) is 11.9. The molecule has 1 aliphatic heterocycles. The Bertz CT molecular complexity index is 1360. The van der Waals surface area contributed by atoms with Crippen molar-refractivity contribution in [1.82, 2.24) is 0 Å². The Labute approximate surface area is 260 Å². The molecule has 1 fully saturated rings. The van der Waals surface area contributed by atoms with Gasteiger partial charge in [0.15, 0.2) is 0 Å². The molecule has 0 aliphatic carbocycles. The number of thioether (sulfide) groups is 2. The largest absolute Gasteiger partial charge is 0.237 e. The monoisotopic (exact) mass is 778 g/mol. The first-order chi connectivity index (χ1) is 17.5. The quantitative estimate of drug-likeness (QED) is 0.206. The second-order valence-electron chi connectivity index (χ2n) is 7.83. The van der Waals surface area contributed by atoms with E-state index < -0.39 is 0 Å². The van der Waals surface area contributed by atoms with Gasteiger partial charge in [0.1, 0.15) is 10.1 Å².